The second-order valence-corrected chi connectivity index (χ2v) is 7.12. The Hall–Kier alpha value is -1.09. The summed E-state index contributed by atoms with van der Waals surface area (Å²) in [6.45, 7) is 1.85. The number of aryl methyl sites for hydroxylation is 1. The second-order valence-electron chi connectivity index (χ2n) is 5.10. The summed E-state index contributed by atoms with van der Waals surface area (Å²) in [5.41, 5.74) is 1.69. The van der Waals surface area contributed by atoms with Gasteiger partial charge in [0.2, 0.25) is 0 Å². The van der Waals surface area contributed by atoms with Gasteiger partial charge in [0.15, 0.2) is 0 Å². The number of halogens is 3. The normalized spacial score (nSPS) is 14.4. The van der Waals surface area contributed by atoms with Crippen LogP contribution in [0, 0.1) is 6.92 Å². The Bertz CT molecular complexity index is 737. The molecule has 6 nitrogen and oxygen atoms in total. The van der Waals surface area contributed by atoms with Crippen molar-refractivity contribution in [3.05, 3.63) is 36.9 Å². The summed E-state index contributed by atoms with van der Waals surface area (Å²) in [5.74, 6) is -0.989. The minimum absolute atomic E-state index is 0.0727. The molecule has 0 saturated carbocycles. The number of β-amino-alcohol motifs (C(OH)–C–C–N with tert-alkyl or cyclic N) is 1. The van der Waals surface area contributed by atoms with Crippen molar-refractivity contribution in [2.75, 3.05) is 32.1 Å². The van der Waals surface area contributed by atoms with Crippen molar-refractivity contribution in [2.24, 2.45) is 0 Å². The minimum atomic E-state index is -0.600. The number of ether oxygens (including phenoxy) is 1. The average Bonchev–Trinajstić information content (AvgIpc) is 2.85. The van der Waals surface area contributed by atoms with E-state index >= 15 is 0 Å². The van der Waals surface area contributed by atoms with Gasteiger partial charge in [-0.3, -0.25) is 4.79 Å². The molecule has 0 aliphatic carbocycles. The number of carbonyl (C=O) groups excluding carboxylic acids is 2. The van der Waals surface area contributed by atoms with Gasteiger partial charge in [-0.15, -0.1) is 0 Å². The van der Waals surface area contributed by atoms with Gasteiger partial charge in [0.25, 0.3) is 5.91 Å². The Morgan fingerprint density at radius 2 is 2.17 bits per heavy atom. The number of benzene rings is 1. The van der Waals surface area contributed by atoms with Crippen LogP contribution >= 0.6 is 43.5 Å². The van der Waals surface area contributed by atoms with E-state index in [-0.39, 0.29) is 36.9 Å². The number of aliphatic hydroxyl groups is 1. The quantitative estimate of drug-likeness (QED) is 0.499. The fraction of sp³-hybridized carbons (Fsp3) is 0.333. The van der Waals surface area contributed by atoms with Gasteiger partial charge in [0, 0.05) is 11.0 Å². The molecule has 0 radical (unpaired) electrons. The highest BCUT2D eigenvalue weighted by atomic mass is 79.9. The molecule has 1 aromatic rings. The molecule has 2 N–H and O–H groups in total. The standard InChI is InChI=1S/C15H15Br2ClN2O4/c1-7-5-9(16)13(10(17)11(7)18)19-12-8(15(23)24-2)6-20(3-4-21)14(12)22/h5,19,21H,3-4,6H2,1-2H3. The Kier molecular flexibility index (Phi) is 6.30. The summed E-state index contributed by atoms with van der Waals surface area (Å²) in [7, 11) is 1.25. The molecule has 1 aliphatic rings. The van der Waals surface area contributed by atoms with Crippen LogP contribution in [0.3, 0.4) is 0 Å². The first-order valence-corrected chi connectivity index (χ1v) is 8.90. The SMILES string of the molecule is COC(=O)C1=C(Nc2c(Br)cc(C)c(Cl)c2Br)C(=O)N(CCO)C1. The zero-order chi connectivity index (χ0) is 18.0. The topological polar surface area (TPSA) is 78.9 Å². The first-order chi connectivity index (χ1) is 11.3. The predicted octanol–water partition coefficient (Wildman–Crippen LogP) is 2.85. The van der Waals surface area contributed by atoms with Gasteiger partial charge in [-0.25, -0.2) is 4.79 Å². The molecule has 0 bridgehead atoms. The number of nitrogens with one attached hydrogen (secondary N) is 1. The van der Waals surface area contributed by atoms with Crippen molar-refractivity contribution in [3.63, 3.8) is 0 Å². The van der Waals surface area contributed by atoms with Crippen molar-refractivity contribution < 1.29 is 19.4 Å². The number of carbonyl (C=O) groups is 2. The number of aliphatic hydroxyl groups excluding tert-OH is 1. The maximum absolute atomic E-state index is 12.5. The van der Waals surface area contributed by atoms with Crippen LogP contribution < -0.4 is 5.32 Å². The molecule has 0 spiro atoms. The Morgan fingerprint density at radius 3 is 2.75 bits per heavy atom. The van der Waals surface area contributed by atoms with Gasteiger partial charge < -0.3 is 20.1 Å². The number of anilines is 1. The minimum Gasteiger partial charge on any atom is -0.466 e. The summed E-state index contributed by atoms with van der Waals surface area (Å²) in [6, 6.07) is 1.80. The largest absolute Gasteiger partial charge is 0.466 e. The fourth-order valence-electron chi connectivity index (χ4n) is 2.30. The maximum Gasteiger partial charge on any atom is 0.337 e. The number of nitrogens with zero attached hydrogens (tertiary/aromatic N) is 1. The molecule has 0 unspecified atom stereocenters. The molecule has 2 rings (SSSR count). The molecule has 0 atom stereocenters. The van der Waals surface area contributed by atoms with Gasteiger partial charge in [0.1, 0.15) is 5.70 Å². The van der Waals surface area contributed by atoms with Crippen LogP contribution in [0.1, 0.15) is 5.56 Å². The molecule has 130 valence electrons. The first kappa shape index (κ1) is 19.2. The van der Waals surface area contributed by atoms with E-state index in [0.29, 0.717) is 19.7 Å². The Morgan fingerprint density at radius 1 is 1.50 bits per heavy atom. The van der Waals surface area contributed by atoms with E-state index in [1.807, 2.05) is 6.92 Å². The molecular formula is C15H15Br2ClN2O4. The van der Waals surface area contributed by atoms with Crippen molar-refractivity contribution in [3.8, 4) is 0 Å². The predicted molar refractivity (Wildman–Crippen MR) is 97.9 cm³/mol. The third-order valence-corrected chi connectivity index (χ3v) is 5.68. The highest BCUT2D eigenvalue weighted by molar-refractivity contribution is 9.11. The number of methoxy groups -OCH3 is 1. The lowest BCUT2D eigenvalue weighted by molar-refractivity contribution is -0.136. The second kappa shape index (κ2) is 7.86. The highest BCUT2D eigenvalue weighted by Crippen LogP contribution is 2.40. The number of hydrogen-bond acceptors (Lipinski definition) is 5. The van der Waals surface area contributed by atoms with E-state index in [1.165, 1.54) is 12.0 Å². The molecule has 1 amide bonds. The molecule has 0 aromatic heterocycles. The molecule has 24 heavy (non-hydrogen) atoms. The monoisotopic (exact) mass is 480 g/mol. The summed E-state index contributed by atoms with van der Waals surface area (Å²) in [6.07, 6.45) is 0. The maximum atomic E-state index is 12.5. The third-order valence-electron chi connectivity index (χ3n) is 3.54. The molecule has 9 heteroatoms. The van der Waals surface area contributed by atoms with E-state index in [1.54, 1.807) is 6.07 Å². The van der Waals surface area contributed by atoms with Crippen molar-refractivity contribution in [1.29, 1.82) is 0 Å². The van der Waals surface area contributed by atoms with Gasteiger partial charge >= 0.3 is 5.97 Å². The van der Waals surface area contributed by atoms with Crippen LogP contribution in [-0.2, 0) is 14.3 Å². The molecule has 1 heterocycles. The van der Waals surface area contributed by atoms with E-state index in [4.69, 9.17) is 21.4 Å². The van der Waals surface area contributed by atoms with E-state index < -0.39 is 5.97 Å². The molecule has 0 fully saturated rings. The summed E-state index contributed by atoms with van der Waals surface area (Å²) < 4.78 is 6.00. The van der Waals surface area contributed by atoms with Crippen molar-refractivity contribution >= 4 is 61.0 Å². The van der Waals surface area contributed by atoms with Crippen LogP contribution in [0.2, 0.25) is 5.02 Å². The number of amides is 1. The molecule has 1 aromatic carbocycles. The van der Waals surface area contributed by atoms with Gasteiger partial charge in [-0.2, -0.15) is 0 Å². The van der Waals surface area contributed by atoms with Crippen LogP contribution in [0.4, 0.5) is 5.69 Å². The van der Waals surface area contributed by atoms with Crippen molar-refractivity contribution in [2.45, 2.75) is 6.92 Å². The summed E-state index contributed by atoms with van der Waals surface area (Å²) >= 11 is 13.1. The molecular weight excluding hydrogens is 467 g/mol. The lowest BCUT2D eigenvalue weighted by atomic mass is 10.2. The zero-order valence-corrected chi connectivity index (χ0v) is 16.9. The fourth-order valence-corrected chi connectivity index (χ4v) is 3.98. The number of esters is 1. The number of hydrogen-bond donors (Lipinski definition) is 2. The molecule has 0 saturated heterocycles. The summed E-state index contributed by atoms with van der Waals surface area (Å²) in [4.78, 5) is 25.9. The summed E-state index contributed by atoms with van der Waals surface area (Å²) in [5, 5.41) is 12.6. The van der Waals surface area contributed by atoms with Crippen molar-refractivity contribution in [1.82, 2.24) is 4.90 Å². The highest BCUT2D eigenvalue weighted by Gasteiger charge is 2.35. The third kappa shape index (κ3) is 3.61. The Balaban J connectivity index is 2.47. The van der Waals surface area contributed by atoms with E-state index in [0.717, 1.165) is 5.56 Å². The van der Waals surface area contributed by atoms with Gasteiger partial charge in [-0.1, -0.05) is 11.6 Å². The first-order valence-electron chi connectivity index (χ1n) is 6.94. The smallest absolute Gasteiger partial charge is 0.337 e. The zero-order valence-electron chi connectivity index (χ0n) is 13.0. The lowest BCUT2D eigenvalue weighted by Gasteiger charge is -2.17. The lowest BCUT2D eigenvalue weighted by Crippen LogP contribution is -2.31. The molecule has 1 aliphatic heterocycles. The van der Waals surface area contributed by atoms with Crippen LogP contribution in [0.15, 0.2) is 26.3 Å². The van der Waals surface area contributed by atoms with Crippen LogP contribution in [0.5, 0.6) is 0 Å². The van der Waals surface area contributed by atoms with E-state index in [9.17, 15) is 9.59 Å². The number of rotatable bonds is 5. The average molecular weight is 483 g/mol. The van der Waals surface area contributed by atoms with Crippen LogP contribution in [-0.4, -0.2) is 48.7 Å². The van der Waals surface area contributed by atoms with Gasteiger partial charge in [0.05, 0.1) is 41.0 Å². The van der Waals surface area contributed by atoms with E-state index in [2.05, 4.69) is 37.2 Å². The Labute approximate surface area is 161 Å². The van der Waals surface area contributed by atoms with Crippen LogP contribution in [0.25, 0.3) is 0 Å². The van der Waals surface area contributed by atoms with Gasteiger partial charge in [-0.05, 0) is 50.4 Å².